The molecule has 2 rings (SSSR count). The number of rotatable bonds is 7. The van der Waals surface area contributed by atoms with Crippen LogP contribution in [0.1, 0.15) is 12.8 Å². The molecular formula is C16H23N3O6S. The molecule has 1 atom stereocenters. The molecule has 0 aliphatic carbocycles. The van der Waals surface area contributed by atoms with E-state index in [9.17, 15) is 18.0 Å². The standard InChI is InChI=1S/C16H23N3O6S/c1-18(2)26(23,24)14-9-11(6-7-13(14)25-3)17-15(20)10-19-8-4-5-12(19)16(21)22/h6-7,9,12H,4-5,8,10H2,1-3H3,(H,17,20)(H,21,22). The van der Waals surface area contributed by atoms with Crippen molar-refractivity contribution in [3.8, 4) is 5.75 Å². The molecule has 144 valence electrons. The number of nitrogens with zero attached hydrogens (tertiary/aromatic N) is 2. The van der Waals surface area contributed by atoms with Crippen LogP contribution < -0.4 is 10.1 Å². The topological polar surface area (TPSA) is 116 Å². The number of sulfonamides is 1. The van der Waals surface area contributed by atoms with Crippen LogP contribution in [0.2, 0.25) is 0 Å². The Balaban J connectivity index is 2.17. The van der Waals surface area contributed by atoms with E-state index in [4.69, 9.17) is 9.84 Å². The van der Waals surface area contributed by atoms with Gasteiger partial charge in [-0.25, -0.2) is 12.7 Å². The highest BCUT2D eigenvalue weighted by atomic mass is 32.2. The van der Waals surface area contributed by atoms with Crippen LogP contribution in [0.5, 0.6) is 5.75 Å². The van der Waals surface area contributed by atoms with Crippen LogP contribution in [0.4, 0.5) is 5.69 Å². The third kappa shape index (κ3) is 4.32. The van der Waals surface area contributed by atoms with Crippen LogP contribution in [0.3, 0.4) is 0 Å². The summed E-state index contributed by atoms with van der Waals surface area (Å²) in [5, 5.41) is 11.8. The highest BCUT2D eigenvalue weighted by Gasteiger charge is 2.31. The first kappa shape index (κ1) is 20.1. The number of anilines is 1. The molecule has 1 saturated heterocycles. The number of carbonyl (C=O) groups excluding carboxylic acids is 1. The van der Waals surface area contributed by atoms with Gasteiger partial charge in [0.1, 0.15) is 16.7 Å². The van der Waals surface area contributed by atoms with Gasteiger partial charge in [-0.1, -0.05) is 0 Å². The van der Waals surface area contributed by atoms with E-state index >= 15 is 0 Å². The van der Waals surface area contributed by atoms with Crippen molar-refractivity contribution in [2.75, 3.05) is 39.6 Å². The van der Waals surface area contributed by atoms with Gasteiger partial charge in [0.2, 0.25) is 15.9 Å². The van der Waals surface area contributed by atoms with Gasteiger partial charge < -0.3 is 15.2 Å². The van der Waals surface area contributed by atoms with Gasteiger partial charge in [0.15, 0.2) is 0 Å². The molecule has 2 N–H and O–H groups in total. The van der Waals surface area contributed by atoms with Gasteiger partial charge in [0.25, 0.3) is 0 Å². The Morgan fingerprint density at radius 3 is 2.65 bits per heavy atom. The Kier molecular flexibility index (Phi) is 6.21. The Morgan fingerprint density at radius 1 is 1.38 bits per heavy atom. The molecule has 1 amide bonds. The molecular weight excluding hydrogens is 362 g/mol. The molecule has 0 bridgehead atoms. The first-order chi connectivity index (χ1) is 12.2. The molecule has 0 aromatic heterocycles. The van der Waals surface area contributed by atoms with Crippen molar-refractivity contribution in [2.24, 2.45) is 0 Å². The number of carbonyl (C=O) groups is 2. The number of hydrogen-bond donors (Lipinski definition) is 2. The number of carboxylic acid groups (broad SMARTS) is 1. The lowest BCUT2D eigenvalue weighted by molar-refractivity contribution is -0.142. The Bertz CT molecular complexity index is 793. The molecule has 0 spiro atoms. The molecule has 9 nitrogen and oxygen atoms in total. The second-order valence-corrected chi connectivity index (χ2v) is 8.29. The van der Waals surface area contributed by atoms with Crippen LogP contribution >= 0.6 is 0 Å². The van der Waals surface area contributed by atoms with E-state index in [0.29, 0.717) is 18.7 Å². The number of aliphatic carboxylic acids is 1. The summed E-state index contributed by atoms with van der Waals surface area (Å²) in [6, 6.07) is 3.65. The SMILES string of the molecule is COc1ccc(NC(=O)CN2CCCC2C(=O)O)cc1S(=O)(=O)N(C)C. The normalized spacial score (nSPS) is 18.1. The third-order valence-corrected chi connectivity index (χ3v) is 6.04. The van der Waals surface area contributed by atoms with E-state index in [1.54, 1.807) is 4.90 Å². The molecule has 1 aromatic rings. The van der Waals surface area contributed by atoms with E-state index in [1.165, 1.54) is 39.4 Å². The number of likely N-dealkylation sites (tertiary alicyclic amines) is 1. The smallest absolute Gasteiger partial charge is 0.320 e. The largest absolute Gasteiger partial charge is 0.495 e. The molecule has 1 unspecified atom stereocenters. The number of benzene rings is 1. The fraction of sp³-hybridized carbons (Fsp3) is 0.500. The maximum atomic E-state index is 12.4. The number of methoxy groups -OCH3 is 1. The Hall–Kier alpha value is -2.17. The summed E-state index contributed by atoms with van der Waals surface area (Å²) >= 11 is 0. The lowest BCUT2D eigenvalue weighted by atomic mass is 10.2. The highest BCUT2D eigenvalue weighted by molar-refractivity contribution is 7.89. The molecule has 0 radical (unpaired) electrons. The fourth-order valence-electron chi connectivity index (χ4n) is 2.83. The third-order valence-electron chi connectivity index (χ3n) is 4.20. The minimum atomic E-state index is -3.75. The summed E-state index contributed by atoms with van der Waals surface area (Å²) in [5.41, 5.74) is 0.294. The van der Waals surface area contributed by atoms with Gasteiger partial charge in [-0.15, -0.1) is 0 Å². The number of ether oxygens (including phenoxy) is 1. The molecule has 1 aromatic carbocycles. The Morgan fingerprint density at radius 2 is 2.08 bits per heavy atom. The van der Waals surface area contributed by atoms with Crippen molar-refractivity contribution >= 4 is 27.6 Å². The monoisotopic (exact) mass is 385 g/mol. The van der Waals surface area contributed by atoms with Crippen molar-refractivity contribution in [3.05, 3.63) is 18.2 Å². The van der Waals surface area contributed by atoms with Crippen LogP contribution in [-0.2, 0) is 19.6 Å². The summed E-state index contributed by atoms with van der Waals surface area (Å²) in [6.45, 7) is 0.464. The average Bonchev–Trinajstić information content (AvgIpc) is 3.02. The molecule has 1 fully saturated rings. The molecule has 1 aliphatic heterocycles. The maximum Gasteiger partial charge on any atom is 0.320 e. The molecule has 1 aliphatic rings. The van der Waals surface area contributed by atoms with Gasteiger partial charge >= 0.3 is 5.97 Å². The van der Waals surface area contributed by atoms with Crippen molar-refractivity contribution in [3.63, 3.8) is 0 Å². The summed E-state index contributed by atoms with van der Waals surface area (Å²) in [6.07, 6.45) is 1.23. The lowest BCUT2D eigenvalue weighted by Crippen LogP contribution is -2.40. The number of carboxylic acids is 1. The lowest BCUT2D eigenvalue weighted by Gasteiger charge is -2.20. The summed E-state index contributed by atoms with van der Waals surface area (Å²) in [7, 11) is 0.416. The zero-order chi connectivity index (χ0) is 19.5. The summed E-state index contributed by atoms with van der Waals surface area (Å²) in [5.74, 6) is -1.18. The van der Waals surface area contributed by atoms with Crippen LogP contribution in [0.25, 0.3) is 0 Å². The summed E-state index contributed by atoms with van der Waals surface area (Å²) in [4.78, 5) is 25.0. The predicted octanol–water partition coefficient (Wildman–Crippen LogP) is 0.433. The van der Waals surface area contributed by atoms with Crippen molar-refractivity contribution < 1.29 is 27.9 Å². The van der Waals surface area contributed by atoms with E-state index in [2.05, 4.69) is 5.32 Å². The number of hydrogen-bond acceptors (Lipinski definition) is 6. The first-order valence-corrected chi connectivity index (χ1v) is 9.48. The molecule has 1 heterocycles. The molecule has 26 heavy (non-hydrogen) atoms. The maximum absolute atomic E-state index is 12.4. The second kappa shape index (κ2) is 8.02. The number of nitrogens with one attached hydrogen (secondary N) is 1. The quantitative estimate of drug-likeness (QED) is 0.699. The van der Waals surface area contributed by atoms with Crippen LogP contribution in [-0.4, -0.2) is 74.9 Å². The van der Waals surface area contributed by atoms with E-state index < -0.39 is 27.9 Å². The van der Waals surface area contributed by atoms with Crippen LogP contribution in [0.15, 0.2) is 23.1 Å². The summed E-state index contributed by atoms with van der Waals surface area (Å²) < 4.78 is 31.0. The minimum Gasteiger partial charge on any atom is -0.495 e. The van der Waals surface area contributed by atoms with E-state index in [1.807, 2.05) is 0 Å². The second-order valence-electron chi connectivity index (χ2n) is 6.17. The minimum absolute atomic E-state index is 0.0626. The highest BCUT2D eigenvalue weighted by Crippen LogP contribution is 2.29. The zero-order valence-corrected chi connectivity index (χ0v) is 15.7. The molecule has 10 heteroatoms. The first-order valence-electron chi connectivity index (χ1n) is 8.04. The van der Waals surface area contributed by atoms with E-state index in [-0.39, 0.29) is 17.2 Å². The van der Waals surface area contributed by atoms with Crippen molar-refractivity contribution in [1.29, 1.82) is 0 Å². The predicted molar refractivity (Wildman–Crippen MR) is 94.7 cm³/mol. The van der Waals surface area contributed by atoms with Gasteiger partial charge in [0, 0.05) is 19.8 Å². The molecule has 0 saturated carbocycles. The van der Waals surface area contributed by atoms with Crippen molar-refractivity contribution in [2.45, 2.75) is 23.8 Å². The van der Waals surface area contributed by atoms with E-state index in [0.717, 1.165) is 10.7 Å². The van der Waals surface area contributed by atoms with Gasteiger partial charge in [-0.2, -0.15) is 0 Å². The fourth-order valence-corrected chi connectivity index (χ4v) is 3.91. The van der Waals surface area contributed by atoms with Crippen molar-refractivity contribution in [1.82, 2.24) is 9.21 Å². The Labute approximate surface area is 152 Å². The van der Waals surface area contributed by atoms with Crippen LogP contribution in [0, 0.1) is 0 Å². The van der Waals surface area contributed by atoms with Gasteiger partial charge in [0.05, 0.1) is 13.7 Å². The average molecular weight is 385 g/mol. The van der Waals surface area contributed by atoms with Gasteiger partial charge in [-0.05, 0) is 37.6 Å². The zero-order valence-electron chi connectivity index (χ0n) is 14.9. The number of amides is 1. The van der Waals surface area contributed by atoms with Gasteiger partial charge in [-0.3, -0.25) is 14.5 Å².